The quantitative estimate of drug-likeness (QED) is 0.882. The van der Waals surface area contributed by atoms with Gasteiger partial charge in [0.1, 0.15) is 0 Å². The Morgan fingerprint density at radius 3 is 3.00 bits per heavy atom. The van der Waals surface area contributed by atoms with Gasteiger partial charge in [-0.2, -0.15) is 5.10 Å². The lowest BCUT2D eigenvalue weighted by Gasteiger charge is -2.41. The maximum atomic E-state index is 5.72. The Kier molecular flexibility index (Phi) is 3.38. The molecule has 0 fully saturated rings. The van der Waals surface area contributed by atoms with Gasteiger partial charge in [-0.3, -0.25) is 10.00 Å². The Hall–Kier alpha value is -2.27. The highest BCUT2D eigenvalue weighted by Gasteiger charge is 2.37. The molecule has 0 spiro atoms. The molecule has 1 N–H and O–H groups in total. The fourth-order valence-electron chi connectivity index (χ4n) is 4.01. The Morgan fingerprint density at radius 1 is 1.39 bits per heavy atom. The van der Waals surface area contributed by atoms with Crippen LogP contribution in [0.25, 0.3) is 11.3 Å². The van der Waals surface area contributed by atoms with E-state index in [1.54, 1.807) is 14.2 Å². The summed E-state index contributed by atoms with van der Waals surface area (Å²) in [4.78, 5) is 2.49. The van der Waals surface area contributed by atoms with Crippen molar-refractivity contribution in [1.82, 2.24) is 15.1 Å². The van der Waals surface area contributed by atoms with Gasteiger partial charge in [0.2, 0.25) is 0 Å². The van der Waals surface area contributed by atoms with E-state index in [1.165, 1.54) is 16.7 Å². The van der Waals surface area contributed by atoms with Crippen molar-refractivity contribution in [3.05, 3.63) is 41.6 Å². The zero-order valence-corrected chi connectivity index (χ0v) is 13.6. The summed E-state index contributed by atoms with van der Waals surface area (Å²) in [6.45, 7) is 5.84. The molecule has 1 aliphatic heterocycles. The molecule has 1 unspecified atom stereocenters. The van der Waals surface area contributed by atoms with Gasteiger partial charge in [-0.15, -0.1) is 6.58 Å². The summed E-state index contributed by atoms with van der Waals surface area (Å²) < 4.78 is 11.3. The first-order valence-corrected chi connectivity index (χ1v) is 7.93. The average molecular weight is 311 g/mol. The molecule has 1 aromatic heterocycles. The molecule has 4 rings (SSSR count). The van der Waals surface area contributed by atoms with Crippen LogP contribution in [-0.2, 0) is 12.8 Å². The number of rotatable bonds is 4. The van der Waals surface area contributed by atoms with Crippen LogP contribution in [0, 0.1) is 0 Å². The minimum Gasteiger partial charge on any atom is -0.493 e. The molecule has 120 valence electrons. The van der Waals surface area contributed by atoms with Crippen molar-refractivity contribution in [3.63, 3.8) is 0 Å². The number of fused-ring (bicyclic) bond motifs is 2. The second-order valence-electron chi connectivity index (χ2n) is 6.08. The van der Waals surface area contributed by atoms with Gasteiger partial charge in [-0.1, -0.05) is 6.08 Å². The first kappa shape index (κ1) is 14.3. The molecule has 5 heteroatoms. The van der Waals surface area contributed by atoms with E-state index >= 15 is 0 Å². The van der Waals surface area contributed by atoms with Crippen LogP contribution in [0.1, 0.15) is 22.7 Å². The van der Waals surface area contributed by atoms with Crippen LogP contribution in [0.3, 0.4) is 0 Å². The van der Waals surface area contributed by atoms with Gasteiger partial charge in [0.25, 0.3) is 0 Å². The van der Waals surface area contributed by atoms with E-state index in [1.807, 2.05) is 12.3 Å². The van der Waals surface area contributed by atoms with Crippen LogP contribution in [0.15, 0.2) is 24.9 Å². The minimum atomic E-state index is 0.344. The highest BCUT2D eigenvalue weighted by atomic mass is 16.5. The van der Waals surface area contributed by atoms with Crippen molar-refractivity contribution < 1.29 is 9.47 Å². The summed E-state index contributed by atoms with van der Waals surface area (Å²) in [6, 6.07) is 2.48. The number of methoxy groups -OCH3 is 2. The summed E-state index contributed by atoms with van der Waals surface area (Å²) in [5, 5.41) is 7.42. The molecule has 0 amide bonds. The predicted octanol–water partition coefficient (Wildman–Crippen LogP) is 2.74. The van der Waals surface area contributed by atoms with Crippen molar-refractivity contribution in [3.8, 4) is 22.8 Å². The lowest BCUT2D eigenvalue weighted by molar-refractivity contribution is 0.202. The number of hydrogen-bond acceptors (Lipinski definition) is 4. The van der Waals surface area contributed by atoms with Crippen LogP contribution >= 0.6 is 0 Å². The summed E-state index contributed by atoms with van der Waals surface area (Å²) in [5.41, 5.74) is 6.11. The second kappa shape index (κ2) is 5.42. The average Bonchev–Trinajstić information content (AvgIpc) is 3.05. The molecule has 23 heavy (non-hydrogen) atoms. The highest BCUT2D eigenvalue weighted by Crippen LogP contribution is 2.51. The molecule has 0 saturated carbocycles. The Labute approximate surface area is 135 Å². The normalized spacial score (nSPS) is 19.0. The number of ether oxygens (including phenoxy) is 2. The number of benzene rings is 1. The van der Waals surface area contributed by atoms with Gasteiger partial charge >= 0.3 is 0 Å². The SMILES string of the molecule is C=CCN1CCc2cc(OC)c(OC)c3c2C1Cc1cn[nH]c1-3. The van der Waals surface area contributed by atoms with Crippen molar-refractivity contribution in [2.45, 2.75) is 18.9 Å². The van der Waals surface area contributed by atoms with E-state index in [-0.39, 0.29) is 0 Å². The molecule has 0 radical (unpaired) electrons. The van der Waals surface area contributed by atoms with Gasteiger partial charge in [-0.05, 0) is 35.6 Å². The number of aromatic amines is 1. The van der Waals surface area contributed by atoms with E-state index in [0.717, 1.165) is 48.7 Å². The monoisotopic (exact) mass is 311 g/mol. The van der Waals surface area contributed by atoms with Gasteiger partial charge in [0.15, 0.2) is 11.5 Å². The van der Waals surface area contributed by atoms with E-state index in [9.17, 15) is 0 Å². The topological polar surface area (TPSA) is 50.4 Å². The molecule has 1 aliphatic carbocycles. The number of H-pyrrole nitrogens is 1. The van der Waals surface area contributed by atoms with Crippen LogP contribution in [0.4, 0.5) is 0 Å². The maximum Gasteiger partial charge on any atom is 0.170 e. The molecule has 2 aliphatic rings. The van der Waals surface area contributed by atoms with Crippen LogP contribution < -0.4 is 9.47 Å². The van der Waals surface area contributed by atoms with Crippen LogP contribution in [0.5, 0.6) is 11.5 Å². The van der Waals surface area contributed by atoms with Gasteiger partial charge in [-0.25, -0.2) is 0 Å². The fraction of sp³-hybridized carbons (Fsp3) is 0.389. The summed E-state index contributed by atoms with van der Waals surface area (Å²) in [7, 11) is 3.39. The van der Waals surface area contributed by atoms with E-state index < -0.39 is 0 Å². The largest absolute Gasteiger partial charge is 0.493 e. The number of aromatic nitrogens is 2. The number of nitrogens with one attached hydrogen (secondary N) is 1. The molecule has 0 bridgehead atoms. The van der Waals surface area contributed by atoms with Crippen molar-refractivity contribution in [1.29, 1.82) is 0 Å². The molecule has 2 heterocycles. The van der Waals surface area contributed by atoms with Gasteiger partial charge in [0.05, 0.1) is 31.7 Å². The highest BCUT2D eigenvalue weighted by molar-refractivity contribution is 5.81. The summed E-state index contributed by atoms with van der Waals surface area (Å²) in [6.07, 6.45) is 5.89. The Morgan fingerprint density at radius 2 is 2.26 bits per heavy atom. The van der Waals surface area contributed by atoms with Crippen molar-refractivity contribution >= 4 is 0 Å². The first-order valence-electron chi connectivity index (χ1n) is 7.93. The van der Waals surface area contributed by atoms with Crippen molar-refractivity contribution in [2.24, 2.45) is 0 Å². The molecule has 1 aromatic carbocycles. The van der Waals surface area contributed by atoms with Crippen LogP contribution in [0.2, 0.25) is 0 Å². The zero-order valence-electron chi connectivity index (χ0n) is 13.6. The van der Waals surface area contributed by atoms with Gasteiger partial charge < -0.3 is 9.47 Å². The number of hydrogen-bond donors (Lipinski definition) is 1. The Bertz CT molecular complexity index is 766. The summed E-state index contributed by atoms with van der Waals surface area (Å²) in [5.74, 6) is 1.58. The van der Waals surface area contributed by atoms with Crippen molar-refractivity contribution in [2.75, 3.05) is 27.3 Å². The summed E-state index contributed by atoms with van der Waals surface area (Å²) >= 11 is 0. The van der Waals surface area contributed by atoms with E-state index in [2.05, 4.69) is 27.7 Å². The molecule has 5 nitrogen and oxygen atoms in total. The first-order chi connectivity index (χ1) is 11.3. The van der Waals surface area contributed by atoms with Gasteiger partial charge in [0, 0.05) is 19.1 Å². The minimum absolute atomic E-state index is 0.344. The molecule has 1 atom stereocenters. The third-order valence-corrected chi connectivity index (χ3v) is 4.98. The number of nitrogens with zero attached hydrogens (tertiary/aromatic N) is 2. The molecular formula is C18H21N3O2. The molecular weight excluding hydrogens is 290 g/mol. The second-order valence-corrected chi connectivity index (χ2v) is 6.08. The third-order valence-electron chi connectivity index (χ3n) is 4.98. The fourth-order valence-corrected chi connectivity index (χ4v) is 4.01. The predicted molar refractivity (Wildman–Crippen MR) is 89.0 cm³/mol. The third kappa shape index (κ3) is 2.00. The molecule has 0 saturated heterocycles. The Balaban J connectivity index is 2.00. The lowest BCUT2D eigenvalue weighted by Crippen LogP contribution is -2.38. The molecule has 2 aromatic rings. The lowest BCUT2D eigenvalue weighted by atomic mass is 9.79. The van der Waals surface area contributed by atoms with E-state index in [0.29, 0.717) is 6.04 Å². The smallest absolute Gasteiger partial charge is 0.170 e. The van der Waals surface area contributed by atoms with Crippen LogP contribution in [-0.4, -0.2) is 42.4 Å². The maximum absolute atomic E-state index is 5.72. The zero-order chi connectivity index (χ0) is 16.0. The van der Waals surface area contributed by atoms with E-state index in [4.69, 9.17) is 9.47 Å². The standard InChI is InChI=1S/C18H21N3O2/c1-4-6-21-7-5-11-9-14(22-2)18(23-3)16-15(11)13(21)8-12-10-19-20-17(12)16/h4,9-10,13H,1,5-8H2,2-3H3,(H,19,20).